The number of nitrogens with zero attached hydrogens (tertiary/aromatic N) is 1. The molecule has 22 heavy (non-hydrogen) atoms. The third-order valence-corrected chi connectivity index (χ3v) is 4.16. The Balaban J connectivity index is 2.42. The number of hydrogen-bond acceptors (Lipinski definition) is 2. The van der Waals surface area contributed by atoms with Gasteiger partial charge in [-0.2, -0.15) is 0 Å². The first-order valence-corrected chi connectivity index (χ1v) is 7.59. The Morgan fingerprint density at radius 3 is 2.50 bits per heavy atom. The summed E-state index contributed by atoms with van der Waals surface area (Å²) >= 11 is 3.51. The lowest BCUT2D eigenvalue weighted by Gasteiger charge is -2.12. The standard InChI is InChI=1S/C16H17BrN2O3/c1-9-8-12(15(20)18-10(2)16(21)22)11(3)19(9)14-7-5-4-6-13(14)17/h4-8,10H,1-3H3,(H,18,20)(H,21,22)/t10-/m0/s1. The summed E-state index contributed by atoms with van der Waals surface area (Å²) in [5.41, 5.74) is 3.07. The van der Waals surface area contributed by atoms with Gasteiger partial charge < -0.3 is 15.0 Å². The number of halogens is 1. The molecule has 6 heteroatoms. The number of carbonyl (C=O) groups excluding carboxylic acids is 1. The predicted octanol–water partition coefficient (Wildman–Crippen LogP) is 3.06. The van der Waals surface area contributed by atoms with E-state index in [2.05, 4.69) is 21.2 Å². The van der Waals surface area contributed by atoms with Gasteiger partial charge in [0.05, 0.1) is 11.3 Å². The van der Waals surface area contributed by atoms with E-state index in [4.69, 9.17) is 5.11 Å². The van der Waals surface area contributed by atoms with Crippen molar-refractivity contribution in [3.63, 3.8) is 0 Å². The van der Waals surface area contributed by atoms with Crippen molar-refractivity contribution < 1.29 is 14.7 Å². The van der Waals surface area contributed by atoms with Crippen LogP contribution in [0.25, 0.3) is 5.69 Å². The first-order valence-electron chi connectivity index (χ1n) is 6.80. The van der Waals surface area contributed by atoms with Crippen LogP contribution >= 0.6 is 15.9 Å². The molecular formula is C16H17BrN2O3. The van der Waals surface area contributed by atoms with Crippen LogP contribution < -0.4 is 5.32 Å². The van der Waals surface area contributed by atoms with Crippen LogP contribution in [-0.4, -0.2) is 27.6 Å². The molecule has 0 spiro atoms. The number of carboxylic acids is 1. The van der Waals surface area contributed by atoms with Crippen LogP contribution in [0.15, 0.2) is 34.8 Å². The lowest BCUT2D eigenvalue weighted by molar-refractivity contribution is -0.138. The summed E-state index contributed by atoms with van der Waals surface area (Å²) in [5.74, 6) is -1.45. The van der Waals surface area contributed by atoms with E-state index in [1.807, 2.05) is 42.7 Å². The average Bonchev–Trinajstić information content (AvgIpc) is 2.75. The molecule has 0 aliphatic carbocycles. The number of aliphatic carboxylic acids is 1. The predicted molar refractivity (Wildman–Crippen MR) is 87.5 cm³/mol. The number of aromatic nitrogens is 1. The number of benzene rings is 1. The van der Waals surface area contributed by atoms with E-state index in [1.165, 1.54) is 6.92 Å². The van der Waals surface area contributed by atoms with Crippen molar-refractivity contribution in [2.24, 2.45) is 0 Å². The van der Waals surface area contributed by atoms with Crippen LogP contribution in [0.4, 0.5) is 0 Å². The molecule has 0 aliphatic heterocycles. The summed E-state index contributed by atoms with van der Waals surface area (Å²) < 4.78 is 2.88. The number of carboxylic acid groups (broad SMARTS) is 1. The molecule has 0 radical (unpaired) electrons. The first kappa shape index (κ1) is 16.3. The molecule has 2 rings (SSSR count). The number of para-hydroxylation sites is 1. The summed E-state index contributed by atoms with van der Waals surface area (Å²) in [4.78, 5) is 23.1. The Hall–Kier alpha value is -2.08. The molecule has 0 aliphatic rings. The zero-order valence-corrected chi connectivity index (χ0v) is 14.1. The lowest BCUT2D eigenvalue weighted by atomic mass is 10.2. The molecule has 1 atom stereocenters. The Labute approximate surface area is 137 Å². The van der Waals surface area contributed by atoms with Crippen molar-refractivity contribution in [3.8, 4) is 5.69 Å². The maximum atomic E-state index is 12.3. The van der Waals surface area contributed by atoms with Crippen molar-refractivity contribution >= 4 is 27.8 Å². The Bertz CT molecular complexity index is 737. The van der Waals surface area contributed by atoms with Crippen LogP contribution in [0, 0.1) is 13.8 Å². The van der Waals surface area contributed by atoms with Crippen molar-refractivity contribution in [1.82, 2.24) is 9.88 Å². The van der Waals surface area contributed by atoms with E-state index in [-0.39, 0.29) is 5.91 Å². The van der Waals surface area contributed by atoms with Gasteiger partial charge in [0.2, 0.25) is 0 Å². The smallest absolute Gasteiger partial charge is 0.325 e. The number of carbonyl (C=O) groups is 2. The molecule has 5 nitrogen and oxygen atoms in total. The zero-order valence-electron chi connectivity index (χ0n) is 12.6. The highest BCUT2D eigenvalue weighted by Gasteiger charge is 2.21. The summed E-state index contributed by atoms with van der Waals surface area (Å²) in [6, 6.07) is 8.55. The molecule has 116 valence electrons. The van der Waals surface area contributed by atoms with E-state index in [0.29, 0.717) is 5.56 Å². The summed E-state index contributed by atoms with van der Waals surface area (Å²) in [6.07, 6.45) is 0. The van der Waals surface area contributed by atoms with Gasteiger partial charge in [-0.05, 0) is 54.9 Å². The fourth-order valence-corrected chi connectivity index (χ4v) is 2.79. The summed E-state index contributed by atoms with van der Waals surface area (Å²) in [5, 5.41) is 11.4. The third kappa shape index (κ3) is 3.06. The highest BCUT2D eigenvalue weighted by atomic mass is 79.9. The zero-order chi connectivity index (χ0) is 16.4. The van der Waals surface area contributed by atoms with Gasteiger partial charge in [-0.25, -0.2) is 0 Å². The van der Waals surface area contributed by atoms with E-state index in [1.54, 1.807) is 6.07 Å². The Morgan fingerprint density at radius 2 is 1.91 bits per heavy atom. The van der Waals surface area contributed by atoms with Gasteiger partial charge in [-0.1, -0.05) is 12.1 Å². The molecule has 1 heterocycles. The number of nitrogens with one attached hydrogen (secondary N) is 1. The van der Waals surface area contributed by atoms with Crippen molar-refractivity contribution in [1.29, 1.82) is 0 Å². The van der Waals surface area contributed by atoms with Gasteiger partial charge in [0, 0.05) is 15.9 Å². The van der Waals surface area contributed by atoms with E-state index < -0.39 is 12.0 Å². The number of rotatable bonds is 4. The monoisotopic (exact) mass is 364 g/mol. The maximum absolute atomic E-state index is 12.3. The first-order chi connectivity index (χ1) is 10.3. The van der Waals surface area contributed by atoms with Gasteiger partial charge in [0.15, 0.2) is 0 Å². The lowest BCUT2D eigenvalue weighted by Crippen LogP contribution is -2.38. The van der Waals surface area contributed by atoms with Crippen LogP contribution in [0.1, 0.15) is 28.7 Å². The fourth-order valence-electron chi connectivity index (χ4n) is 2.33. The number of hydrogen-bond donors (Lipinski definition) is 2. The molecule has 1 amide bonds. The van der Waals surface area contributed by atoms with Crippen LogP contribution in [0.5, 0.6) is 0 Å². The van der Waals surface area contributed by atoms with Gasteiger partial charge in [0.25, 0.3) is 5.91 Å². The minimum absolute atomic E-state index is 0.388. The number of aryl methyl sites for hydroxylation is 1. The van der Waals surface area contributed by atoms with Crippen LogP contribution in [0.2, 0.25) is 0 Å². The van der Waals surface area contributed by atoms with E-state index in [9.17, 15) is 9.59 Å². The van der Waals surface area contributed by atoms with Crippen molar-refractivity contribution in [2.75, 3.05) is 0 Å². The van der Waals surface area contributed by atoms with Crippen LogP contribution in [0.3, 0.4) is 0 Å². The summed E-state index contributed by atoms with van der Waals surface area (Å²) in [7, 11) is 0. The topological polar surface area (TPSA) is 71.3 Å². The molecule has 2 aromatic rings. The third-order valence-electron chi connectivity index (χ3n) is 3.49. The molecule has 2 N–H and O–H groups in total. The molecule has 0 bridgehead atoms. The van der Waals surface area contributed by atoms with Crippen molar-refractivity contribution in [3.05, 3.63) is 51.8 Å². The largest absolute Gasteiger partial charge is 0.480 e. The minimum Gasteiger partial charge on any atom is -0.480 e. The molecule has 0 saturated heterocycles. The normalized spacial score (nSPS) is 12.0. The van der Waals surface area contributed by atoms with Crippen molar-refractivity contribution in [2.45, 2.75) is 26.8 Å². The van der Waals surface area contributed by atoms with E-state index in [0.717, 1.165) is 21.5 Å². The second-order valence-corrected chi connectivity index (χ2v) is 5.96. The Morgan fingerprint density at radius 1 is 1.27 bits per heavy atom. The SMILES string of the molecule is Cc1cc(C(=O)N[C@@H](C)C(=O)O)c(C)n1-c1ccccc1Br. The average molecular weight is 365 g/mol. The van der Waals surface area contributed by atoms with Crippen LogP contribution in [-0.2, 0) is 4.79 Å². The van der Waals surface area contributed by atoms with Gasteiger partial charge in [-0.3, -0.25) is 9.59 Å². The maximum Gasteiger partial charge on any atom is 0.325 e. The number of amides is 1. The molecule has 0 saturated carbocycles. The highest BCUT2D eigenvalue weighted by Crippen LogP contribution is 2.26. The quantitative estimate of drug-likeness (QED) is 0.875. The highest BCUT2D eigenvalue weighted by molar-refractivity contribution is 9.10. The molecule has 1 aromatic carbocycles. The summed E-state index contributed by atoms with van der Waals surface area (Å²) in [6.45, 7) is 5.18. The van der Waals surface area contributed by atoms with Gasteiger partial charge >= 0.3 is 5.97 Å². The molecule has 0 unspecified atom stereocenters. The second-order valence-electron chi connectivity index (χ2n) is 5.11. The van der Waals surface area contributed by atoms with E-state index >= 15 is 0 Å². The van der Waals surface area contributed by atoms with Gasteiger partial charge in [0.1, 0.15) is 6.04 Å². The molecule has 0 fully saturated rings. The Kier molecular flexibility index (Phi) is 4.71. The van der Waals surface area contributed by atoms with Gasteiger partial charge in [-0.15, -0.1) is 0 Å². The molecule has 1 aromatic heterocycles. The molecular weight excluding hydrogens is 348 g/mol. The second kappa shape index (κ2) is 6.36. The minimum atomic E-state index is -1.06. The fraction of sp³-hybridized carbons (Fsp3) is 0.250.